The maximum absolute atomic E-state index is 12.2. The zero-order chi connectivity index (χ0) is 19.2. The summed E-state index contributed by atoms with van der Waals surface area (Å²) in [5, 5.41) is 11.9. The summed E-state index contributed by atoms with van der Waals surface area (Å²) in [6, 6.07) is 9.01. The van der Waals surface area contributed by atoms with E-state index in [4.69, 9.17) is 13.9 Å². The van der Waals surface area contributed by atoms with E-state index < -0.39 is 0 Å². The van der Waals surface area contributed by atoms with Crippen LogP contribution in [0.3, 0.4) is 0 Å². The molecule has 140 valence electrons. The highest BCUT2D eigenvalue weighted by molar-refractivity contribution is 5.76. The molecule has 3 aromatic rings. The van der Waals surface area contributed by atoms with Crippen LogP contribution >= 0.6 is 0 Å². The Hall–Kier alpha value is -3.62. The van der Waals surface area contributed by atoms with Gasteiger partial charge in [0, 0.05) is 6.42 Å². The lowest BCUT2D eigenvalue weighted by molar-refractivity contribution is 0.354. The second kappa shape index (κ2) is 8.17. The molecule has 0 saturated carbocycles. The molecule has 9 nitrogen and oxygen atoms in total. The van der Waals surface area contributed by atoms with Crippen molar-refractivity contribution >= 4 is 12.2 Å². The lowest BCUT2D eigenvalue weighted by Crippen LogP contribution is -2.18. The van der Waals surface area contributed by atoms with Crippen LogP contribution in [0.4, 0.5) is 5.95 Å². The Labute approximate surface area is 155 Å². The molecule has 9 heteroatoms. The summed E-state index contributed by atoms with van der Waals surface area (Å²) >= 11 is 0. The number of aromatic amines is 1. The number of rotatable bonds is 7. The number of furan rings is 1. The summed E-state index contributed by atoms with van der Waals surface area (Å²) in [4.78, 5) is 14.8. The number of hydrogen-bond acceptors (Lipinski definition) is 8. The second-order valence-corrected chi connectivity index (χ2v) is 5.63. The van der Waals surface area contributed by atoms with Crippen LogP contribution in [0, 0.1) is 6.92 Å². The van der Waals surface area contributed by atoms with Gasteiger partial charge in [-0.3, -0.25) is 9.78 Å². The first-order chi connectivity index (χ1) is 13.1. The Morgan fingerprint density at radius 2 is 2.00 bits per heavy atom. The van der Waals surface area contributed by atoms with Gasteiger partial charge in [0.15, 0.2) is 11.5 Å². The number of aromatic nitrogens is 3. The van der Waals surface area contributed by atoms with Gasteiger partial charge >= 0.3 is 0 Å². The van der Waals surface area contributed by atoms with Crippen LogP contribution in [0.2, 0.25) is 0 Å². The normalized spacial score (nSPS) is 10.9. The van der Waals surface area contributed by atoms with Crippen molar-refractivity contribution in [3.63, 3.8) is 0 Å². The SMILES string of the molecule is COc1ccc(Cc2nnc(NN=Cc3ccc(C)o3)[nH]c2=O)cc1OC. The number of benzene rings is 1. The first kappa shape index (κ1) is 18.2. The van der Waals surface area contributed by atoms with Gasteiger partial charge in [-0.25, -0.2) is 5.43 Å². The van der Waals surface area contributed by atoms with Crippen molar-refractivity contribution in [1.82, 2.24) is 15.2 Å². The molecule has 0 atom stereocenters. The fourth-order valence-corrected chi connectivity index (χ4v) is 2.39. The Bertz CT molecular complexity index is 1010. The lowest BCUT2D eigenvalue weighted by atomic mass is 10.1. The van der Waals surface area contributed by atoms with Crippen molar-refractivity contribution in [2.75, 3.05) is 19.6 Å². The molecule has 0 amide bonds. The number of anilines is 1. The smallest absolute Gasteiger partial charge is 0.274 e. The van der Waals surface area contributed by atoms with E-state index in [1.807, 2.05) is 19.1 Å². The van der Waals surface area contributed by atoms with Crippen molar-refractivity contribution < 1.29 is 13.9 Å². The number of nitrogens with one attached hydrogen (secondary N) is 2. The maximum Gasteiger partial charge on any atom is 0.274 e. The van der Waals surface area contributed by atoms with Gasteiger partial charge in [0.05, 0.1) is 20.4 Å². The summed E-state index contributed by atoms with van der Waals surface area (Å²) in [5.41, 5.74) is 3.38. The van der Waals surface area contributed by atoms with E-state index in [-0.39, 0.29) is 17.2 Å². The summed E-state index contributed by atoms with van der Waals surface area (Å²) < 4.78 is 15.8. The average molecular weight is 369 g/mol. The van der Waals surface area contributed by atoms with E-state index >= 15 is 0 Å². The highest BCUT2D eigenvalue weighted by Gasteiger charge is 2.09. The molecule has 1 aromatic carbocycles. The highest BCUT2D eigenvalue weighted by atomic mass is 16.5. The van der Waals surface area contributed by atoms with Gasteiger partial charge in [0.1, 0.15) is 17.2 Å². The highest BCUT2D eigenvalue weighted by Crippen LogP contribution is 2.28. The summed E-state index contributed by atoms with van der Waals surface area (Å²) in [6.45, 7) is 1.84. The van der Waals surface area contributed by atoms with Gasteiger partial charge < -0.3 is 13.9 Å². The molecule has 2 N–H and O–H groups in total. The van der Waals surface area contributed by atoms with Gasteiger partial charge in [-0.1, -0.05) is 6.07 Å². The number of methoxy groups -OCH3 is 2. The Balaban J connectivity index is 1.69. The van der Waals surface area contributed by atoms with Gasteiger partial charge in [0.2, 0.25) is 5.95 Å². The fraction of sp³-hybridized carbons (Fsp3) is 0.222. The van der Waals surface area contributed by atoms with E-state index in [0.717, 1.165) is 11.3 Å². The minimum absolute atomic E-state index is 0.135. The standard InChI is InChI=1S/C18H19N5O4/c1-11-4-6-13(27-11)10-19-22-18-20-17(24)14(21-23-18)8-12-5-7-15(25-2)16(9-12)26-3/h4-7,9-10H,8H2,1-3H3,(H2,20,22,23,24). The molecule has 3 rings (SSSR count). The largest absolute Gasteiger partial charge is 0.493 e. The minimum atomic E-state index is -0.355. The third kappa shape index (κ3) is 4.51. The average Bonchev–Trinajstić information content (AvgIpc) is 3.09. The monoisotopic (exact) mass is 369 g/mol. The number of nitrogens with zero attached hydrogens (tertiary/aromatic N) is 3. The molecule has 0 radical (unpaired) electrons. The van der Waals surface area contributed by atoms with Crippen LogP contribution < -0.4 is 20.5 Å². The molecule has 0 aliphatic carbocycles. The summed E-state index contributed by atoms with van der Waals surface area (Å²) in [5.74, 6) is 2.70. The number of aryl methyl sites for hydroxylation is 1. The van der Waals surface area contributed by atoms with Gasteiger partial charge in [-0.15, -0.1) is 10.2 Å². The van der Waals surface area contributed by atoms with E-state index in [9.17, 15) is 4.79 Å². The molecule has 0 aliphatic heterocycles. The minimum Gasteiger partial charge on any atom is -0.493 e. The van der Waals surface area contributed by atoms with Crippen LogP contribution in [-0.2, 0) is 6.42 Å². The third-order valence-electron chi connectivity index (χ3n) is 3.71. The van der Waals surface area contributed by atoms with Crippen LogP contribution in [0.1, 0.15) is 22.8 Å². The number of H-pyrrole nitrogens is 1. The molecule has 0 unspecified atom stereocenters. The van der Waals surface area contributed by atoms with Crippen LogP contribution in [-0.4, -0.2) is 35.6 Å². The van der Waals surface area contributed by atoms with E-state index in [1.165, 1.54) is 6.21 Å². The number of ether oxygens (including phenoxy) is 2. The molecule has 2 heterocycles. The Morgan fingerprint density at radius 3 is 2.67 bits per heavy atom. The van der Waals surface area contributed by atoms with Gasteiger partial charge in [0.25, 0.3) is 5.56 Å². The van der Waals surface area contributed by atoms with Crippen molar-refractivity contribution in [2.45, 2.75) is 13.3 Å². The van der Waals surface area contributed by atoms with Crippen LogP contribution in [0.25, 0.3) is 0 Å². The van der Waals surface area contributed by atoms with E-state index in [0.29, 0.717) is 23.7 Å². The molecular weight excluding hydrogens is 350 g/mol. The van der Waals surface area contributed by atoms with Gasteiger partial charge in [-0.2, -0.15) is 5.10 Å². The fourth-order valence-electron chi connectivity index (χ4n) is 2.39. The van der Waals surface area contributed by atoms with Crippen molar-refractivity contribution in [3.05, 3.63) is 63.5 Å². The predicted molar refractivity (Wildman–Crippen MR) is 99.7 cm³/mol. The van der Waals surface area contributed by atoms with Crippen molar-refractivity contribution in [1.29, 1.82) is 0 Å². The summed E-state index contributed by atoms with van der Waals surface area (Å²) in [7, 11) is 3.12. The first-order valence-electron chi connectivity index (χ1n) is 8.11. The van der Waals surface area contributed by atoms with E-state index in [2.05, 4.69) is 25.7 Å². The third-order valence-corrected chi connectivity index (χ3v) is 3.71. The van der Waals surface area contributed by atoms with E-state index in [1.54, 1.807) is 32.4 Å². The maximum atomic E-state index is 12.2. The predicted octanol–water partition coefficient (Wildman–Crippen LogP) is 2.12. The Kier molecular flexibility index (Phi) is 5.50. The molecule has 0 bridgehead atoms. The van der Waals surface area contributed by atoms with Crippen LogP contribution in [0.15, 0.2) is 44.6 Å². The molecule has 0 fully saturated rings. The second-order valence-electron chi connectivity index (χ2n) is 5.63. The zero-order valence-electron chi connectivity index (χ0n) is 15.1. The number of hydrogen-bond donors (Lipinski definition) is 2. The zero-order valence-corrected chi connectivity index (χ0v) is 15.1. The molecule has 0 saturated heterocycles. The molecule has 2 aromatic heterocycles. The first-order valence-corrected chi connectivity index (χ1v) is 8.11. The molecule has 27 heavy (non-hydrogen) atoms. The molecule has 0 spiro atoms. The van der Waals surface area contributed by atoms with Crippen molar-refractivity contribution in [2.24, 2.45) is 5.10 Å². The Morgan fingerprint density at radius 1 is 1.19 bits per heavy atom. The van der Waals surface area contributed by atoms with Crippen molar-refractivity contribution in [3.8, 4) is 11.5 Å². The lowest BCUT2D eigenvalue weighted by Gasteiger charge is -2.09. The molecule has 0 aliphatic rings. The number of hydrazone groups is 1. The van der Waals surface area contributed by atoms with Gasteiger partial charge in [-0.05, 0) is 36.8 Å². The topological polar surface area (TPSA) is 115 Å². The van der Waals surface area contributed by atoms with Crippen LogP contribution in [0.5, 0.6) is 11.5 Å². The summed E-state index contributed by atoms with van der Waals surface area (Å²) in [6.07, 6.45) is 1.78. The molecular formula is C18H19N5O4. The quantitative estimate of drug-likeness (QED) is 0.484.